The van der Waals surface area contributed by atoms with Crippen LogP contribution in [0.25, 0.3) is 0 Å². The minimum absolute atomic E-state index is 0.894. The van der Waals surface area contributed by atoms with E-state index in [1.54, 1.807) is 11.1 Å². The van der Waals surface area contributed by atoms with Crippen LogP contribution in [-0.2, 0) is 12.8 Å². The molecular weight excluding hydrogens is 278 g/mol. The molecule has 128 valence electrons. The zero-order valence-corrected chi connectivity index (χ0v) is 14.9. The SMILES string of the molecule is Nc1ccc2c(c1)CC1CCCCCCCCCCCC(C2)C1. The molecule has 0 spiro atoms. The van der Waals surface area contributed by atoms with Gasteiger partial charge in [-0.15, -0.1) is 0 Å². The predicted octanol–water partition coefficient (Wildman–Crippen LogP) is 6.29. The summed E-state index contributed by atoms with van der Waals surface area (Å²) < 4.78 is 0. The van der Waals surface area contributed by atoms with Crippen molar-refractivity contribution in [1.29, 1.82) is 0 Å². The van der Waals surface area contributed by atoms with E-state index in [1.807, 2.05) is 0 Å². The number of fused-ring (bicyclic) bond motifs is 3. The Hall–Kier alpha value is -0.980. The van der Waals surface area contributed by atoms with Crippen molar-refractivity contribution < 1.29 is 0 Å². The van der Waals surface area contributed by atoms with Crippen molar-refractivity contribution in [3.05, 3.63) is 29.3 Å². The van der Waals surface area contributed by atoms with Crippen molar-refractivity contribution in [3.8, 4) is 0 Å². The largest absolute Gasteiger partial charge is 0.399 e. The van der Waals surface area contributed by atoms with Crippen LogP contribution in [0.5, 0.6) is 0 Å². The lowest BCUT2D eigenvalue weighted by atomic mass is 9.85. The summed E-state index contributed by atoms with van der Waals surface area (Å²) in [6.45, 7) is 0. The summed E-state index contributed by atoms with van der Waals surface area (Å²) in [5.41, 5.74) is 10.2. The molecule has 1 aromatic rings. The molecule has 1 saturated carbocycles. The third-order valence-corrected chi connectivity index (χ3v) is 6.14. The van der Waals surface area contributed by atoms with Crippen LogP contribution in [0.3, 0.4) is 0 Å². The Morgan fingerprint density at radius 2 is 1.17 bits per heavy atom. The van der Waals surface area contributed by atoms with Gasteiger partial charge in [0.1, 0.15) is 0 Å². The predicted molar refractivity (Wildman–Crippen MR) is 101 cm³/mol. The molecular formula is C22H35N. The third-order valence-electron chi connectivity index (χ3n) is 6.14. The first-order valence-electron chi connectivity index (χ1n) is 10.2. The summed E-state index contributed by atoms with van der Waals surface area (Å²) in [5.74, 6) is 1.80. The molecule has 1 aromatic carbocycles. The summed E-state index contributed by atoms with van der Waals surface area (Å²) in [4.78, 5) is 0. The summed E-state index contributed by atoms with van der Waals surface area (Å²) in [5, 5.41) is 0. The van der Waals surface area contributed by atoms with Gasteiger partial charge >= 0.3 is 0 Å². The fourth-order valence-electron chi connectivity index (χ4n) is 4.84. The van der Waals surface area contributed by atoms with Crippen LogP contribution in [0.1, 0.15) is 88.2 Å². The molecule has 2 N–H and O–H groups in total. The molecule has 2 aliphatic rings. The second-order valence-electron chi connectivity index (χ2n) is 8.16. The number of anilines is 1. The van der Waals surface area contributed by atoms with Gasteiger partial charge in [0, 0.05) is 5.69 Å². The summed E-state index contributed by atoms with van der Waals surface area (Å²) in [7, 11) is 0. The summed E-state index contributed by atoms with van der Waals surface area (Å²) >= 11 is 0. The lowest BCUT2D eigenvalue weighted by Crippen LogP contribution is -2.10. The van der Waals surface area contributed by atoms with Crippen molar-refractivity contribution in [2.75, 3.05) is 5.73 Å². The smallest absolute Gasteiger partial charge is 0.0316 e. The van der Waals surface area contributed by atoms with Crippen molar-refractivity contribution in [3.63, 3.8) is 0 Å². The topological polar surface area (TPSA) is 26.0 Å². The Morgan fingerprint density at radius 1 is 0.652 bits per heavy atom. The lowest BCUT2D eigenvalue weighted by Gasteiger charge is -2.20. The Balaban J connectivity index is 1.70. The highest BCUT2D eigenvalue weighted by Gasteiger charge is 2.23. The zero-order chi connectivity index (χ0) is 15.9. The van der Waals surface area contributed by atoms with Crippen molar-refractivity contribution in [2.45, 2.75) is 89.9 Å². The Morgan fingerprint density at radius 3 is 1.78 bits per heavy atom. The molecule has 0 amide bonds. The number of hydrogen-bond acceptors (Lipinski definition) is 1. The number of nitrogens with two attached hydrogens (primary N) is 1. The molecule has 23 heavy (non-hydrogen) atoms. The van der Waals surface area contributed by atoms with E-state index in [-0.39, 0.29) is 0 Å². The first kappa shape index (κ1) is 16.9. The van der Waals surface area contributed by atoms with Gasteiger partial charge in [0.05, 0.1) is 0 Å². The molecule has 2 aliphatic carbocycles. The fraction of sp³-hybridized carbons (Fsp3) is 0.727. The van der Waals surface area contributed by atoms with Crippen LogP contribution in [-0.4, -0.2) is 0 Å². The standard InChI is InChI=1S/C22H35N/c23-22-13-12-20-15-18-10-8-6-4-2-1-3-5-7-9-11-19(14-18)16-21(20)17-22/h12-13,17-19H,1-11,14-16,23H2. The minimum atomic E-state index is 0.894. The van der Waals surface area contributed by atoms with Crippen LogP contribution in [0.4, 0.5) is 5.69 Å². The molecule has 0 aliphatic heterocycles. The van der Waals surface area contributed by atoms with Gasteiger partial charge in [-0.2, -0.15) is 0 Å². The summed E-state index contributed by atoms with van der Waals surface area (Å²) in [6.07, 6.45) is 20.0. The maximum absolute atomic E-state index is 6.06. The first-order chi connectivity index (χ1) is 11.3. The average Bonchev–Trinajstić information content (AvgIpc) is 2.70. The van der Waals surface area contributed by atoms with Gasteiger partial charge in [-0.3, -0.25) is 0 Å². The fourth-order valence-corrected chi connectivity index (χ4v) is 4.84. The van der Waals surface area contributed by atoms with Gasteiger partial charge in [0.15, 0.2) is 0 Å². The minimum Gasteiger partial charge on any atom is -0.399 e. The quantitative estimate of drug-likeness (QED) is 0.559. The van der Waals surface area contributed by atoms with E-state index in [4.69, 9.17) is 5.73 Å². The van der Waals surface area contributed by atoms with E-state index in [0.29, 0.717) is 0 Å². The Labute approximate surface area is 143 Å². The van der Waals surface area contributed by atoms with Crippen LogP contribution >= 0.6 is 0 Å². The molecule has 2 bridgehead atoms. The Kier molecular flexibility index (Phi) is 6.42. The highest BCUT2D eigenvalue weighted by molar-refractivity contribution is 5.45. The molecule has 2 unspecified atom stereocenters. The molecule has 0 aromatic heterocycles. The number of benzene rings is 1. The van der Waals surface area contributed by atoms with Crippen LogP contribution in [0, 0.1) is 11.8 Å². The van der Waals surface area contributed by atoms with E-state index in [1.165, 1.54) is 89.9 Å². The second kappa shape index (κ2) is 8.76. The van der Waals surface area contributed by atoms with Gasteiger partial charge in [-0.25, -0.2) is 0 Å². The van der Waals surface area contributed by atoms with Gasteiger partial charge in [0.25, 0.3) is 0 Å². The van der Waals surface area contributed by atoms with Gasteiger partial charge in [-0.1, -0.05) is 76.7 Å². The maximum atomic E-state index is 6.06. The number of rotatable bonds is 0. The van der Waals surface area contributed by atoms with E-state index in [9.17, 15) is 0 Å². The van der Waals surface area contributed by atoms with Crippen molar-refractivity contribution in [2.24, 2.45) is 11.8 Å². The van der Waals surface area contributed by atoms with E-state index >= 15 is 0 Å². The highest BCUT2D eigenvalue weighted by atomic mass is 14.5. The molecule has 0 heterocycles. The molecule has 0 radical (unpaired) electrons. The van der Waals surface area contributed by atoms with Gasteiger partial charge < -0.3 is 5.73 Å². The van der Waals surface area contributed by atoms with E-state index in [2.05, 4.69) is 18.2 Å². The molecule has 1 fully saturated rings. The zero-order valence-electron chi connectivity index (χ0n) is 14.9. The maximum Gasteiger partial charge on any atom is 0.0316 e. The van der Waals surface area contributed by atoms with Crippen molar-refractivity contribution >= 4 is 5.69 Å². The molecule has 0 saturated heterocycles. The summed E-state index contributed by atoms with van der Waals surface area (Å²) in [6, 6.07) is 6.69. The molecule has 3 rings (SSSR count). The monoisotopic (exact) mass is 313 g/mol. The normalized spacial score (nSPS) is 27.5. The second-order valence-corrected chi connectivity index (χ2v) is 8.16. The van der Waals surface area contributed by atoms with E-state index < -0.39 is 0 Å². The molecule has 2 atom stereocenters. The molecule has 1 heteroatoms. The number of hydrogen-bond donors (Lipinski definition) is 1. The average molecular weight is 314 g/mol. The van der Waals surface area contributed by atoms with Gasteiger partial charge in [-0.05, 0) is 54.4 Å². The van der Waals surface area contributed by atoms with Crippen LogP contribution in [0.15, 0.2) is 18.2 Å². The lowest BCUT2D eigenvalue weighted by molar-refractivity contribution is 0.326. The van der Waals surface area contributed by atoms with E-state index in [0.717, 1.165) is 17.5 Å². The first-order valence-corrected chi connectivity index (χ1v) is 10.2. The highest BCUT2D eigenvalue weighted by Crippen LogP contribution is 2.34. The van der Waals surface area contributed by atoms with Crippen LogP contribution < -0.4 is 5.73 Å². The molecule has 1 nitrogen and oxygen atoms in total. The van der Waals surface area contributed by atoms with Crippen molar-refractivity contribution in [1.82, 2.24) is 0 Å². The van der Waals surface area contributed by atoms with Gasteiger partial charge in [0.2, 0.25) is 0 Å². The third kappa shape index (κ3) is 5.26. The van der Waals surface area contributed by atoms with Crippen LogP contribution in [0.2, 0.25) is 0 Å². The number of nitrogen functional groups attached to an aromatic ring is 1. The Bertz CT molecular complexity index is 479.